The molecule has 0 saturated carbocycles. The molecule has 0 aromatic heterocycles. The largest absolute Gasteiger partial charge is 0.507 e. The van der Waals surface area contributed by atoms with Crippen LogP contribution in [0.1, 0.15) is 18.9 Å². The first kappa shape index (κ1) is 15.7. The maximum atomic E-state index is 11.8. The van der Waals surface area contributed by atoms with E-state index in [1.165, 1.54) is 6.21 Å². The van der Waals surface area contributed by atoms with Gasteiger partial charge in [0.05, 0.1) is 16.7 Å². The number of hydrogen-bond donors (Lipinski definition) is 2. The summed E-state index contributed by atoms with van der Waals surface area (Å²) in [5.41, 5.74) is 3.06. The maximum absolute atomic E-state index is 11.8. The third kappa shape index (κ3) is 4.43. The molecule has 0 spiro atoms. The zero-order chi connectivity index (χ0) is 14.6. The van der Waals surface area contributed by atoms with Crippen molar-refractivity contribution in [3.05, 3.63) is 28.2 Å². The standard InChI is InChI=1S/C13H15BrN2O2S2/c1-13(19-4-5-20-13)7-12(18)16-15-8-9-6-10(14)2-3-11(9)17/h2-3,6,8,17H,4-5,7H2,1H3,(H,16,18)/b15-8-. The lowest BCUT2D eigenvalue weighted by atomic mass is 10.2. The Morgan fingerprint density at radius 3 is 2.95 bits per heavy atom. The number of thioether (sulfide) groups is 2. The van der Waals surface area contributed by atoms with E-state index in [2.05, 4.69) is 33.4 Å². The Bertz CT molecular complexity index is 531. The van der Waals surface area contributed by atoms with Crippen LogP contribution in [0.4, 0.5) is 0 Å². The predicted octanol–water partition coefficient (Wildman–Crippen LogP) is 3.19. The molecular formula is C13H15BrN2O2S2. The van der Waals surface area contributed by atoms with Crippen molar-refractivity contribution in [1.82, 2.24) is 5.43 Å². The van der Waals surface area contributed by atoms with E-state index >= 15 is 0 Å². The maximum Gasteiger partial charge on any atom is 0.242 e. The normalized spacial score (nSPS) is 17.5. The molecule has 0 atom stereocenters. The van der Waals surface area contributed by atoms with E-state index in [1.807, 2.05) is 23.5 Å². The van der Waals surface area contributed by atoms with Gasteiger partial charge in [-0.05, 0) is 25.1 Å². The van der Waals surface area contributed by atoms with Gasteiger partial charge in [0, 0.05) is 21.5 Å². The zero-order valence-electron chi connectivity index (χ0n) is 10.9. The molecule has 1 aromatic rings. The van der Waals surface area contributed by atoms with Gasteiger partial charge in [-0.2, -0.15) is 5.10 Å². The van der Waals surface area contributed by atoms with Crippen LogP contribution in [0, 0.1) is 0 Å². The number of carbonyl (C=O) groups is 1. The molecule has 0 unspecified atom stereocenters. The van der Waals surface area contributed by atoms with Crippen molar-refractivity contribution >= 4 is 51.6 Å². The van der Waals surface area contributed by atoms with Gasteiger partial charge in [-0.25, -0.2) is 5.43 Å². The van der Waals surface area contributed by atoms with Crippen LogP contribution in [0.25, 0.3) is 0 Å². The summed E-state index contributed by atoms with van der Waals surface area (Å²) in [4.78, 5) is 11.8. The Morgan fingerprint density at radius 2 is 2.25 bits per heavy atom. The van der Waals surface area contributed by atoms with E-state index in [9.17, 15) is 9.90 Å². The summed E-state index contributed by atoms with van der Waals surface area (Å²) in [6.45, 7) is 2.08. The van der Waals surface area contributed by atoms with Crippen molar-refractivity contribution in [3.63, 3.8) is 0 Å². The molecule has 1 aromatic carbocycles. The summed E-state index contributed by atoms with van der Waals surface area (Å²) in [7, 11) is 0. The van der Waals surface area contributed by atoms with Crippen LogP contribution in [0.15, 0.2) is 27.8 Å². The molecule has 2 N–H and O–H groups in total. The third-order valence-electron chi connectivity index (χ3n) is 2.76. The van der Waals surface area contributed by atoms with Crippen LogP contribution in [-0.2, 0) is 4.79 Å². The Kier molecular flexibility index (Phi) is 5.40. The Labute approximate surface area is 134 Å². The minimum atomic E-state index is -0.111. The van der Waals surface area contributed by atoms with Gasteiger partial charge in [-0.15, -0.1) is 23.5 Å². The first-order valence-corrected chi connectivity index (χ1v) is 8.83. The van der Waals surface area contributed by atoms with E-state index in [4.69, 9.17) is 0 Å². The van der Waals surface area contributed by atoms with Crippen LogP contribution in [-0.4, -0.2) is 32.8 Å². The van der Waals surface area contributed by atoms with Crippen LogP contribution >= 0.6 is 39.5 Å². The lowest BCUT2D eigenvalue weighted by Crippen LogP contribution is -2.26. The van der Waals surface area contributed by atoms with Gasteiger partial charge in [-0.3, -0.25) is 4.79 Å². The number of aromatic hydroxyl groups is 1. The van der Waals surface area contributed by atoms with E-state index in [1.54, 1.807) is 18.2 Å². The quantitative estimate of drug-likeness (QED) is 0.627. The highest BCUT2D eigenvalue weighted by molar-refractivity contribution is 9.10. The summed E-state index contributed by atoms with van der Waals surface area (Å²) in [5, 5.41) is 13.5. The molecule has 108 valence electrons. The molecule has 1 fully saturated rings. The summed E-state index contributed by atoms with van der Waals surface area (Å²) in [6.07, 6.45) is 1.87. The molecule has 7 heteroatoms. The second-order valence-electron chi connectivity index (χ2n) is 4.50. The number of amides is 1. The number of nitrogens with one attached hydrogen (secondary N) is 1. The van der Waals surface area contributed by atoms with Gasteiger partial charge in [0.2, 0.25) is 5.91 Å². The average Bonchev–Trinajstić information content (AvgIpc) is 2.80. The Balaban J connectivity index is 1.89. The molecule has 1 amide bonds. The topological polar surface area (TPSA) is 61.7 Å². The molecular weight excluding hydrogens is 360 g/mol. The highest BCUT2D eigenvalue weighted by Crippen LogP contribution is 2.45. The number of hydrazone groups is 1. The van der Waals surface area contributed by atoms with Crippen molar-refractivity contribution in [2.24, 2.45) is 5.10 Å². The fourth-order valence-corrected chi connectivity index (χ4v) is 5.00. The van der Waals surface area contributed by atoms with E-state index in [-0.39, 0.29) is 15.7 Å². The van der Waals surface area contributed by atoms with Gasteiger partial charge in [0.25, 0.3) is 0 Å². The fraction of sp³-hybridized carbons (Fsp3) is 0.385. The van der Waals surface area contributed by atoms with Gasteiger partial charge in [-0.1, -0.05) is 15.9 Å². The number of rotatable bonds is 4. The van der Waals surface area contributed by atoms with Gasteiger partial charge in [0.15, 0.2) is 0 Å². The SMILES string of the molecule is CC1(CC(=O)N/N=C\c2cc(Br)ccc2O)SCCS1. The number of nitrogens with zero attached hydrogens (tertiary/aromatic N) is 1. The molecule has 4 nitrogen and oxygen atoms in total. The molecule has 0 bridgehead atoms. The van der Waals surface area contributed by atoms with Crippen molar-refractivity contribution < 1.29 is 9.90 Å². The molecule has 1 aliphatic rings. The van der Waals surface area contributed by atoms with Crippen LogP contribution in [0.5, 0.6) is 5.75 Å². The van der Waals surface area contributed by atoms with Gasteiger partial charge < -0.3 is 5.11 Å². The number of carbonyl (C=O) groups excluding carboxylic acids is 1. The first-order chi connectivity index (χ1) is 9.48. The number of phenols is 1. The lowest BCUT2D eigenvalue weighted by Gasteiger charge is -2.19. The van der Waals surface area contributed by atoms with Crippen LogP contribution in [0.2, 0.25) is 0 Å². The van der Waals surface area contributed by atoms with E-state index in [0.717, 1.165) is 16.0 Å². The summed E-state index contributed by atoms with van der Waals surface area (Å²) in [5.74, 6) is 2.19. The molecule has 1 aliphatic heterocycles. The summed E-state index contributed by atoms with van der Waals surface area (Å²) < 4.78 is 0.798. The van der Waals surface area contributed by atoms with E-state index in [0.29, 0.717) is 12.0 Å². The highest BCUT2D eigenvalue weighted by atomic mass is 79.9. The zero-order valence-corrected chi connectivity index (χ0v) is 14.1. The molecule has 1 saturated heterocycles. The van der Waals surface area contributed by atoms with Gasteiger partial charge >= 0.3 is 0 Å². The van der Waals surface area contributed by atoms with Crippen LogP contribution < -0.4 is 5.43 Å². The number of hydrogen-bond acceptors (Lipinski definition) is 5. The number of halogens is 1. The van der Waals surface area contributed by atoms with Gasteiger partial charge in [0.1, 0.15) is 5.75 Å². The van der Waals surface area contributed by atoms with Crippen molar-refractivity contribution in [3.8, 4) is 5.75 Å². The summed E-state index contributed by atoms with van der Waals surface area (Å²) in [6, 6.07) is 5.04. The first-order valence-electron chi connectivity index (χ1n) is 6.07. The lowest BCUT2D eigenvalue weighted by molar-refractivity contribution is -0.121. The van der Waals surface area contributed by atoms with Crippen molar-refractivity contribution in [2.45, 2.75) is 17.4 Å². The second-order valence-corrected chi connectivity index (χ2v) is 8.87. The minimum absolute atomic E-state index is 0.0441. The fourth-order valence-electron chi connectivity index (χ4n) is 1.79. The smallest absolute Gasteiger partial charge is 0.242 e. The second kappa shape index (κ2) is 6.87. The average molecular weight is 375 g/mol. The predicted molar refractivity (Wildman–Crippen MR) is 89.5 cm³/mol. The van der Waals surface area contributed by atoms with E-state index < -0.39 is 0 Å². The number of benzene rings is 1. The van der Waals surface area contributed by atoms with Crippen LogP contribution in [0.3, 0.4) is 0 Å². The monoisotopic (exact) mass is 374 g/mol. The molecule has 0 aliphatic carbocycles. The summed E-state index contributed by atoms with van der Waals surface area (Å²) >= 11 is 6.94. The number of phenolic OH excluding ortho intramolecular Hbond substituents is 1. The van der Waals surface area contributed by atoms with Crippen molar-refractivity contribution in [1.29, 1.82) is 0 Å². The molecule has 20 heavy (non-hydrogen) atoms. The Hall–Kier alpha value is -0.660. The third-order valence-corrected chi connectivity index (χ3v) is 6.55. The molecule has 2 rings (SSSR count). The molecule has 1 heterocycles. The highest BCUT2D eigenvalue weighted by Gasteiger charge is 2.32. The van der Waals surface area contributed by atoms with Crippen molar-refractivity contribution in [2.75, 3.05) is 11.5 Å². The minimum Gasteiger partial charge on any atom is -0.507 e. The molecule has 0 radical (unpaired) electrons. The Morgan fingerprint density at radius 1 is 1.55 bits per heavy atom.